The molecule has 0 aromatic heterocycles. The molecule has 1 aliphatic carbocycles. The summed E-state index contributed by atoms with van der Waals surface area (Å²) >= 11 is 0. The third-order valence-corrected chi connectivity index (χ3v) is 2.62. The molecule has 0 heterocycles. The molecule has 0 aromatic carbocycles. The van der Waals surface area contributed by atoms with Crippen LogP contribution in [-0.2, 0) is 9.53 Å². The highest BCUT2D eigenvalue weighted by molar-refractivity contribution is 5.72. The average Bonchev–Trinajstić information content (AvgIpc) is 2.03. The number of rotatable bonds is 2. The van der Waals surface area contributed by atoms with Crippen LogP contribution in [0.25, 0.3) is 0 Å². The fraction of sp³-hybridized carbons (Fsp3) is 0.917. The first-order chi connectivity index (χ1) is 6.09. The topological polar surface area (TPSA) is 26.3 Å². The highest BCUT2D eigenvalue weighted by Crippen LogP contribution is 2.29. The van der Waals surface area contributed by atoms with Crippen LogP contribution in [0.3, 0.4) is 0 Å². The van der Waals surface area contributed by atoms with Crippen LogP contribution in [-0.4, -0.2) is 12.1 Å². The van der Waals surface area contributed by atoms with E-state index in [1.807, 2.05) is 13.8 Å². The lowest BCUT2D eigenvalue weighted by atomic mass is 9.82. The number of carbonyl (C=O) groups excluding carboxylic acids is 1. The van der Waals surface area contributed by atoms with E-state index in [4.69, 9.17) is 4.74 Å². The second-order valence-corrected chi connectivity index (χ2v) is 4.45. The minimum atomic E-state index is 0. The summed E-state index contributed by atoms with van der Waals surface area (Å²) in [6.45, 7) is 6.03. The molecule has 2 atom stereocenters. The maximum atomic E-state index is 11.5. The molecule has 2 unspecified atom stereocenters. The molecular formula is C12H24O2. The lowest BCUT2D eigenvalue weighted by Gasteiger charge is -2.25. The summed E-state index contributed by atoms with van der Waals surface area (Å²) in [5.41, 5.74) is 0. The van der Waals surface area contributed by atoms with Gasteiger partial charge in [0.15, 0.2) is 0 Å². The van der Waals surface area contributed by atoms with Crippen molar-refractivity contribution < 1.29 is 9.53 Å². The van der Waals surface area contributed by atoms with E-state index in [1.165, 1.54) is 12.8 Å². The van der Waals surface area contributed by atoms with E-state index < -0.39 is 0 Å². The van der Waals surface area contributed by atoms with Gasteiger partial charge in [0.2, 0.25) is 0 Å². The fourth-order valence-corrected chi connectivity index (χ4v) is 1.98. The van der Waals surface area contributed by atoms with E-state index in [0.29, 0.717) is 5.92 Å². The first-order valence-corrected chi connectivity index (χ1v) is 5.30. The van der Waals surface area contributed by atoms with E-state index in [0.717, 1.165) is 12.8 Å². The van der Waals surface area contributed by atoms with Gasteiger partial charge in [-0.3, -0.25) is 4.79 Å². The minimum absolute atomic E-state index is 0. The Balaban J connectivity index is 0.00000169. The van der Waals surface area contributed by atoms with Crippen LogP contribution in [0.2, 0.25) is 0 Å². The first-order valence-electron chi connectivity index (χ1n) is 5.30. The monoisotopic (exact) mass is 200 g/mol. The van der Waals surface area contributed by atoms with E-state index in [2.05, 4.69) is 6.92 Å². The van der Waals surface area contributed by atoms with Crippen molar-refractivity contribution in [3.05, 3.63) is 0 Å². The molecule has 0 N–H and O–H groups in total. The van der Waals surface area contributed by atoms with E-state index in [-0.39, 0.29) is 25.4 Å². The molecule has 1 fully saturated rings. The number of hydrogen-bond donors (Lipinski definition) is 0. The summed E-state index contributed by atoms with van der Waals surface area (Å²) in [6.07, 6.45) is 4.52. The highest BCUT2D eigenvalue weighted by atomic mass is 16.5. The predicted octanol–water partition coefficient (Wildman–Crippen LogP) is 3.40. The third-order valence-electron chi connectivity index (χ3n) is 2.62. The van der Waals surface area contributed by atoms with Crippen molar-refractivity contribution in [3.63, 3.8) is 0 Å². The quantitative estimate of drug-likeness (QED) is 0.639. The van der Waals surface area contributed by atoms with Crippen molar-refractivity contribution in [3.8, 4) is 0 Å². The van der Waals surface area contributed by atoms with E-state index in [1.54, 1.807) is 0 Å². The van der Waals surface area contributed by atoms with Crippen LogP contribution in [0, 0.1) is 11.8 Å². The zero-order chi connectivity index (χ0) is 9.84. The molecule has 2 nitrogen and oxygen atoms in total. The zero-order valence-electron chi connectivity index (χ0n) is 8.88. The van der Waals surface area contributed by atoms with Gasteiger partial charge in [-0.25, -0.2) is 0 Å². The summed E-state index contributed by atoms with van der Waals surface area (Å²) < 4.78 is 5.20. The number of esters is 1. The fourth-order valence-electron chi connectivity index (χ4n) is 1.98. The molecule has 0 spiro atoms. The molecule has 0 saturated heterocycles. The van der Waals surface area contributed by atoms with Crippen molar-refractivity contribution in [2.24, 2.45) is 11.8 Å². The Kier molecular flexibility index (Phi) is 5.82. The number of ether oxygens (including phenoxy) is 1. The summed E-state index contributed by atoms with van der Waals surface area (Å²) in [6, 6.07) is 0. The molecule has 1 rings (SSSR count). The maximum Gasteiger partial charge on any atom is 0.309 e. The van der Waals surface area contributed by atoms with Gasteiger partial charge in [0.1, 0.15) is 0 Å². The van der Waals surface area contributed by atoms with Gasteiger partial charge in [0.05, 0.1) is 12.0 Å². The summed E-state index contributed by atoms with van der Waals surface area (Å²) in [4.78, 5) is 11.5. The summed E-state index contributed by atoms with van der Waals surface area (Å²) in [7, 11) is 0. The van der Waals surface area contributed by atoms with Gasteiger partial charge in [-0.05, 0) is 32.6 Å². The van der Waals surface area contributed by atoms with Gasteiger partial charge in [0.25, 0.3) is 0 Å². The van der Waals surface area contributed by atoms with Gasteiger partial charge < -0.3 is 4.74 Å². The van der Waals surface area contributed by atoms with Crippen molar-refractivity contribution in [1.82, 2.24) is 0 Å². The van der Waals surface area contributed by atoms with Crippen LogP contribution in [0.15, 0.2) is 0 Å². The Morgan fingerprint density at radius 3 is 2.50 bits per heavy atom. The second kappa shape index (κ2) is 6.05. The molecule has 0 aliphatic heterocycles. The lowest BCUT2D eigenvalue weighted by molar-refractivity contribution is -0.154. The summed E-state index contributed by atoms with van der Waals surface area (Å²) in [5, 5.41) is 0. The lowest BCUT2D eigenvalue weighted by Crippen LogP contribution is -2.25. The normalized spacial score (nSPS) is 26.9. The summed E-state index contributed by atoms with van der Waals surface area (Å²) in [5.74, 6) is 0.881. The molecule has 0 amide bonds. The van der Waals surface area contributed by atoms with Crippen LogP contribution in [0.1, 0.15) is 53.9 Å². The molecule has 14 heavy (non-hydrogen) atoms. The zero-order valence-corrected chi connectivity index (χ0v) is 8.88. The van der Waals surface area contributed by atoms with Crippen LogP contribution < -0.4 is 0 Å². The maximum absolute atomic E-state index is 11.5. The highest BCUT2D eigenvalue weighted by Gasteiger charge is 2.26. The largest absolute Gasteiger partial charge is 0.463 e. The SMILES string of the molecule is C.CC1CCCC(C(=O)OC(C)C)C1. The molecule has 0 radical (unpaired) electrons. The van der Waals surface area contributed by atoms with Crippen molar-refractivity contribution in [2.45, 2.75) is 60.0 Å². The Hall–Kier alpha value is -0.530. The van der Waals surface area contributed by atoms with Crippen molar-refractivity contribution >= 4 is 5.97 Å². The first kappa shape index (κ1) is 13.5. The Labute approximate surface area is 88.0 Å². The van der Waals surface area contributed by atoms with Gasteiger partial charge in [-0.15, -0.1) is 0 Å². The minimum Gasteiger partial charge on any atom is -0.463 e. The molecule has 1 saturated carbocycles. The van der Waals surface area contributed by atoms with Crippen LogP contribution >= 0.6 is 0 Å². The molecule has 84 valence electrons. The van der Waals surface area contributed by atoms with Crippen LogP contribution in [0.4, 0.5) is 0 Å². The smallest absolute Gasteiger partial charge is 0.309 e. The predicted molar refractivity (Wildman–Crippen MR) is 59.1 cm³/mol. The van der Waals surface area contributed by atoms with Crippen molar-refractivity contribution in [2.75, 3.05) is 0 Å². The number of carbonyl (C=O) groups is 1. The van der Waals surface area contributed by atoms with Gasteiger partial charge in [0, 0.05) is 0 Å². The molecule has 1 aliphatic rings. The molecule has 2 heteroatoms. The third kappa shape index (κ3) is 4.12. The molecule has 0 aromatic rings. The average molecular weight is 200 g/mol. The van der Waals surface area contributed by atoms with E-state index >= 15 is 0 Å². The molecule has 0 bridgehead atoms. The standard InChI is InChI=1S/C11H20O2.CH4/c1-8(2)13-11(12)10-6-4-5-9(3)7-10;/h8-10H,4-7H2,1-3H3;1H4. The Morgan fingerprint density at radius 2 is 2.00 bits per heavy atom. The van der Waals surface area contributed by atoms with Gasteiger partial charge in [-0.2, -0.15) is 0 Å². The van der Waals surface area contributed by atoms with Crippen LogP contribution in [0.5, 0.6) is 0 Å². The van der Waals surface area contributed by atoms with Crippen molar-refractivity contribution in [1.29, 1.82) is 0 Å². The molecular weight excluding hydrogens is 176 g/mol. The van der Waals surface area contributed by atoms with E-state index in [9.17, 15) is 4.79 Å². The van der Waals surface area contributed by atoms with Gasteiger partial charge >= 0.3 is 5.97 Å². The Bertz CT molecular complexity index is 175. The van der Waals surface area contributed by atoms with Gasteiger partial charge in [-0.1, -0.05) is 27.2 Å². The second-order valence-electron chi connectivity index (χ2n) is 4.45. The Morgan fingerprint density at radius 1 is 1.36 bits per heavy atom. The number of hydrogen-bond acceptors (Lipinski definition) is 2.